The molecule has 0 aliphatic rings. The van der Waals surface area contributed by atoms with Gasteiger partial charge in [0.25, 0.3) is 0 Å². The van der Waals surface area contributed by atoms with Crippen LogP contribution in [0.2, 0.25) is 0 Å². The van der Waals surface area contributed by atoms with Crippen molar-refractivity contribution in [2.75, 3.05) is 21.3 Å². The second kappa shape index (κ2) is 9.28. The van der Waals surface area contributed by atoms with Crippen LogP contribution in [0, 0.1) is 5.41 Å². The highest BCUT2D eigenvalue weighted by atomic mass is 16.5. The van der Waals surface area contributed by atoms with E-state index >= 15 is 0 Å². The molecule has 0 heterocycles. The van der Waals surface area contributed by atoms with E-state index in [1.807, 2.05) is 12.1 Å². The molecule has 2 aromatic rings. The lowest BCUT2D eigenvalue weighted by molar-refractivity contribution is -0.143. The van der Waals surface area contributed by atoms with Crippen LogP contribution in [0.4, 0.5) is 0 Å². The first-order valence-corrected chi connectivity index (χ1v) is 9.04. The van der Waals surface area contributed by atoms with Crippen molar-refractivity contribution in [3.05, 3.63) is 53.6 Å². The average Bonchev–Trinajstić information content (AvgIpc) is 2.70. The Labute approximate surface area is 171 Å². The summed E-state index contributed by atoms with van der Waals surface area (Å²) in [4.78, 5) is 25.4. The van der Waals surface area contributed by atoms with Crippen LogP contribution in [-0.4, -0.2) is 33.1 Å². The minimum atomic E-state index is -0.741. The van der Waals surface area contributed by atoms with E-state index in [1.165, 1.54) is 26.4 Å². The van der Waals surface area contributed by atoms with Gasteiger partial charge in [-0.1, -0.05) is 18.2 Å². The van der Waals surface area contributed by atoms with Gasteiger partial charge in [0.2, 0.25) is 0 Å². The van der Waals surface area contributed by atoms with Crippen LogP contribution >= 0.6 is 0 Å². The molecule has 0 spiro atoms. The van der Waals surface area contributed by atoms with Crippen molar-refractivity contribution in [2.24, 2.45) is 5.41 Å². The summed E-state index contributed by atoms with van der Waals surface area (Å²) < 4.78 is 21.3. The van der Waals surface area contributed by atoms with Gasteiger partial charge in [-0.15, -0.1) is 0 Å². The van der Waals surface area contributed by atoms with E-state index < -0.39 is 11.4 Å². The van der Waals surface area contributed by atoms with E-state index in [0.29, 0.717) is 5.75 Å². The topological polar surface area (TPSA) is 71.1 Å². The van der Waals surface area contributed by atoms with Crippen molar-refractivity contribution in [1.82, 2.24) is 0 Å². The fourth-order valence-corrected chi connectivity index (χ4v) is 2.39. The van der Waals surface area contributed by atoms with Gasteiger partial charge in [-0.05, 0) is 44.5 Å². The maximum atomic E-state index is 12.9. The summed E-state index contributed by atoms with van der Waals surface area (Å²) >= 11 is 0. The molecular formula is C23H26O6. The molecule has 0 saturated heterocycles. The predicted octanol–water partition coefficient (Wildman–Crippen LogP) is 4.56. The predicted molar refractivity (Wildman–Crippen MR) is 111 cm³/mol. The summed E-state index contributed by atoms with van der Waals surface area (Å²) in [5, 5.41) is 0. The van der Waals surface area contributed by atoms with E-state index in [2.05, 4.69) is 0 Å². The lowest BCUT2D eigenvalue weighted by atomic mass is 9.97. The molecule has 2 rings (SSSR count). The summed E-state index contributed by atoms with van der Waals surface area (Å²) in [5.41, 5.74) is 0.228. The van der Waals surface area contributed by atoms with Gasteiger partial charge in [0, 0.05) is 12.1 Å². The summed E-state index contributed by atoms with van der Waals surface area (Å²) in [7, 11) is 4.51. The van der Waals surface area contributed by atoms with Crippen LogP contribution in [-0.2, 0) is 4.79 Å². The fourth-order valence-electron chi connectivity index (χ4n) is 2.39. The SMILES string of the molecule is COc1ccc(C=CC(=O)c2c(OC)cc(OC)cc2OC(=O)C(C)(C)C)cc1. The number of benzene rings is 2. The molecule has 154 valence electrons. The van der Waals surface area contributed by atoms with Crippen molar-refractivity contribution >= 4 is 17.8 Å². The third kappa shape index (κ3) is 5.60. The van der Waals surface area contributed by atoms with Gasteiger partial charge >= 0.3 is 5.97 Å². The number of ether oxygens (including phenoxy) is 4. The highest BCUT2D eigenvalue weighted by molar-refractivity contribution is 6.11. The number of hydrogen-bond acceptors (Lipinski definition) is 6. The molecule has 6 heteroatoms. The third-order valence-corrected chi connectivity index (χ3v) is 4.10. The molecule has 29 heavy (non-hydrogen) atoms. The molecule has 0 bridgehead atoms. The molecule has 0 unspecified atom stereocenters. The first kappa shape index (κ1) is 22.0. The number of methoxy groups -OCH3 is 3. The zero-order valence-electron chi connectivity index (χ0n) is 17.6. The van der Waals surface area contributed by atoms with Crippen LogP contribution in [0.25, 0.3) is 6.08 Å². The first-order chi connectivity index (χ1) is 13.7. The van der Waals surface area contributed by atoms with E-state index in [-0.39, 0.29) is 22.8 Å². The molecule has 0 radical (unpaired) electrons. The van der Waals surface area contributed by atoms with Gasteiger partial charge in [0.15, 0.2) is 5.78 Å². The molecule has 0 amide bonds. The lowest BCUT2D eigenvalue weighted by Crippen LogP contribution is -2.26. The maximum absolute atomic E-state index is 12.9. The van der Waals surface area contributed by atoms with Crippen molar-refractivity contribution < 1.29 is 28.5 Å². The Hall–Kier alpha value is -3.28. The Bertz CT molecular complexity index is 904. The first-order valence-electron chi connectivity index (χ1n) is 9.04. The average molecular weight is 398 g/mol. The zero-order valence-corrected chi connectivity index (χ0v) is 17.6. The minimum Gasteiger partial charge on any atom is -0.497 e. The summed E-state index contributed by atoms with van der Waals surface area (Å²) in [5.74, 6) is 0.643. The van der Waals surface area contributed by atoms with Crippen LogP contribution in [0.15, 0.2) is 42.5 Å². The Morgan fingerprint density at radius 3 is 1.93 bits per heavy atom. The molecule has 0 aromatic heterocycles. The van der Waals surface area contributed by atoms with E-state index in [0.717, 1.165) is 11.3 Å². The minimum absolute atomic E-state index is 0.0884. The number of esters is 1. The molecule has 0 N–H and O–H groups in total. The second-order valence-electron chi connectivity index (χ2n) is 7.31. The Morgan fingerprint density at radius 2 is 1.41 bits per heavy atom. The molecule has 6 nitrogen and oxygen atoms in total. The highest BCUT2D eigenvalue weighted by Crippen LogP contribution is 2.36. The number of allylic oxidation sites excluding steroid dienone is 1. The summed E-state index contributed by atoms with van der Waals surface area (Å²) in [6.07, 6.45) is 3.07. The molecule has 0 aliphatic heterocycles. The number of rotatable bonds is 7. The number of carbonyl (C=O) groups is 2. The number of ketones is 1. The Kier molecular flexibility index (Phi) is 7.04. The quantitative estimate of drug-likeness (QED) is 0.295. The highest BCUT2D eigenvalue weighted by Gasteiger charge is 2.27. The monoisotopic (exact) mass is 398 g/mol. The number of carbonyl (C=O) groups excluding carboxylic acids is 2. The van der Waals surface area contributed by atoms with Crippen molar-refractivity contribution in [3.63, 3.8) is 0 Å². The van der Waals surface area contributed by atoms with Gasteiger partial charge < -0.3 is 18.9 Å². The molecule has 0 fully saturated rings. The van der Waals surface area contributed by atoms with Crippen LogP contribution < -0.4 is 18.9 Å². The van der Waals surface area contributed by atoms with E-state index in [4.69, 9.17) is 18.9 Å². The van der Waals surface area contributed by atoms with Gasteiger partial charge in [0.1, 0.15) is 28.6 Å². The molecule has 0 atom stereocenters. The molecule has 0 saturated carbocycles. The second-order valence-corrected chi connectivity index (χ2v) is 7.31. The van der Waals surface area contributed by atoms with Crippen LogP contribution in [0.3, 0.4) is 0 Å². The van der Waals surface area contributed by atoms with Crippen molar-refractivity contribution in [2.45, 2.75) is 20.8 Å². The lowest BCUT2D eigenvalue weighted by Gasteiger charge is -2.19. The number of hydrogen-bond donors (Lipinski definition) is 0. The zero-order chi connectivity index (χ0) is 21.6. The Morgan fingerprint density at radius 1 is 0.828 bits per heavy atom. The van der Waals surface area contributed by atoms with Crippen LogP contribution in [0.5, 0.6) is 23.0 Å². The summed E-state index contributed by atoms with van der Waals surface area (Å²) in [6, 6.07) is 10.3. The standard InChI is InChI=1S/C23H26O6/c1-23(2,3)22(25)29-20-14-17(27-5)13-19(28-6)21(20)18(24)12-9-15-7-10-16(26-4)11-8-15/h7-14H,1-6H3. The van der Waals surface area contributed by atoms with Gasteiger partial charge in [0.05, 0.1) is 26.7 Å². The van der Waals surface area contributed by atoms with E-state index in [9.17, 15) is 9.59 Å². The molecular weight excluding hydrogens is 372 g/mol. The van der Waals surface area contributed by atoms with Gasteiger partial charge in [-0.25, -0.2) is 0 Å². The van der Waals surface area contributed by atoms with Gasteiger partial charge in [-0.2, -0.15) is 0 Å². The summed E-state index contributed by atoms with van der Waals surface area (Å²) in [6.45, 7) is 5.20. The van der Waals surface area contributed by atoms with Crippen molar-refractivity contribution in [3.8, 4) is 23.0 Å². The smallest absolute Gasteiger partial charge is 0.316 e. The third-order valence-electron chi connectivity index (χ3n) is 4.10. The normalized spacial score (nSPS) is 11.2. The fraction of sp³-hybridized carbons (Fsp3) is 0.304. The van der Waals surface area contributed by atoms with Gasteiger partial charge in [-0.3, -0.25) is 9.59 Å². The molecule has 2 aromatic carbocycles. The molecule has 0 aliphatic carbocycles. The largest absolute Gasteiger partial charge is 0.497 e. The van der Waals surface area contributed by atoms with Crippen molar-refractivity contribution in [1.29, 1.82) is 0 Å². The maximum Gasteiger partial charge on any atom is 0.316 e. The van der Waals surface area contributed by atoms with E-state index in [1.54, 1.807) is 52.2 Å². The Balaban J connectivity index is 2.43. The van der Waals surface area contributed by atoms with Crippen LogP contribution in [0.1, 0.15) is 36.7 Å².